The van der Waals surface area contributed by atoms with Crippen LogP contribution in [-0.2, 0) is 4.79 Å². The lowest BCUT2D eigenvalue weighted by Gasteiger charge is -2.35. The Morgan fingerprint density at radius 1 is 1.37 bits per heavy atom. The van der Waals surface area contributed by atoms with Gasteiger partial charge in [-0.05, 0) is 44.0 Å². The number of carbonyl (C=O) groups is 1. The number of nitrogens with one attached hydrogen (secondary N) is 1. The molecule has 1 aliphatic heterocycles. The van der Waals surface area contributed by atoms with Gasteiger partial charge in [-0.15, -0.1) is 0 Å². The fourth-order valence-electron chi connectivity index (χ4n) is 2.24. The number of aliphatic hydroxyl groups excluding tert-OH is 2. The van der Waals surface area contributed by atoms with Gasteiger partial charge in [0.05, 0.1) is 30.6 Å². The van der Waals surface area contributed by atoms with Gasteiger partial charge < -0.3 is 20.4 Å². The number of nitrogens with zero attached hydrogens (tertiary/aromatic N) is 1. The van der Waals surface area contributed by atoms with Gasteiger partial charge in [0.1, 0.15) is 6.04 Å². The number of aliphatic hydroxyl groups is 2. The predicted molar refractivity (Wildman–Crippen MR) is 74.4 cm³/mol. The summed E-state index contributed by atoms with van der Waals surface area (Å²) in [6.45, 7) is 5.55. The van der Waals surface area contributed by atoms with Gasteiger partial charge in [0.15, 0.2) is 0 Å². The molecule has 1 amide bonds. The van der Waals surface area contributed by atoms with E-state index in [0.717, 1.165) is 22.5 Å². The third-order valence-electron chi connectivity index (χ3n) is 3.52. The molecule has 19 heavy (non-hydrogen) atoms. The number of benzene rings is 1. The average molecular weight is 264 g/mol. The first-order valence-electron chi connectivity index (χ1n) is 6.42. The minimum Gasteiger partial charge on any atom is -0.394 e. The summed E-state index contributed by atoms with van der Waals surface area (Å²) in [7, 11) is 0. The van der Waals surface area contributed by atoms with Crippen LogP contribution in [0.5, 0.6) is 0 Å². The van der Waals surface area contributed by atoms with Gasteiger partial charge in [0.25, 0.3) is 0 Å². The first kappa shape index (κ1) is 13.8. The molecule has 0 spiro atoms. The van der Waals surface area contributed by atoms with Crippen LogP contribution in [0.3, 0.4) is 0 Å². The SMILES string of the molecule is Cc1cc2c(cc1C)N(CC(O)CO)C(=O)C(C)N2. The smallest absolute Gasteiger partial charge is 0.249 e. The number of β-amino-alcohol motifs (C(OH)–C–C–N with tert-alkyl or cyclic N) is 1. The zero-order valence-corrected chi connectivity index (χ0v) is 11.5. The molecule has 1 heterocycles. The lowest BCUT2D eigenvalue weighted by atomic mass is 10.0. The Hall–Kier alpha value is -1.59. The van der Waals surface area contributed by atoms with Crippen LogP contribution in [0.4, 0.5) is 11.4 Å². The predicted octanol–water partition coefficient (Wildman–Crippen LogP) is 0.804. The molecule has 0 saturated carbocycles. The van der Waals surface area contributed by atoms with Gasteiger partial charge in [-0.3, -0.25) is 4.79 Å². The van der Waals surface area contributed by atoms with Crippen LogP contribution in [0.25, 0.3) is 0 Å². The van der Waals surface area contributed by atoms with Crippen molar-refractivity contribution in [2.75, 3.05) is 23.4 Å². The van der Waals surface area contributed by atoms with Crippen molar-refractivity contribution in [1.29, 1.82) is 0 Å². The molecule has 0 aliphatic carbocycles. The Morgan fingerprint density at radius 2 is 2.00 bits per heavy atom. The van der Waals surface area contributed by atoms with Crippen molar-refractivity contribution < 1.29 is 15.0 Å². The number of hydrogen-bond donors (Lipinski definition) is 3. The Kier molecular flexibility index (Phi) is 3.78. The zero-order valence-electron chi connectivity index (χ0n) is 11.5. The Morgan fingerprint density at radius 3 is 2.63 bits per heavy atom. The molecule has 5 nitrogen and oxygen atoms in total. The van der Waals surface area contributed by atoms with Gasteiger partial charge in [-0.1, -0.05) is 0 Å². The van der Waals surface area contributed by atoms with Gasteiger partial charge >= 0.3 is 0 Å². The van der Waals surface area contributed by atoms with E-state index in [2.05, 4.69) is 5.32 Å². The van der Waals surface area contributed by atoms with Crippen LogP contribution in [0.2, 0.25) is 0 Å². The molecule has 0 radical (unpaired) electrons. The quantitative estimate of drug-likeness (QED) is 0.755. The number of anilines is 2. The van der Waals surface area contributed by atoms with Crippen LogP contribution in [0.15, 0.2) is 12.1 Å². The molecule has 0 aromatic heterocycles. The van der Waals surface area contributed by atoms with Crippen LogP contribution in [0, 0.1) is 13.8 Å². The summed E-state index contributed by atoms with van der Waals surface area (Å²) in [5, 5.41) is 21.7. The van der Waals surface area contributed by atoms with Gasteiger partial charge in [0.2, 0.25) is 5.91 Å². The molecule has 0 saturated heterocycles. The minimum atomic E-state index is -0.927. The summed E-state index contributed by atoms with van der Waals surface area (Å²) in [4.78, 5) is 13.8. The van der Waals surface area contributed by atoms with E-state index in [-0.39, 0.29) is 25.1 Å². The van der Waals surface area contributed by atoms with E-state index in [9.17, 15) is 9.90 Å². The molecule has 2 atom stereocenters. The molecule has 2 unspecified atom stereocenters. The second-order valence-electron chi connectivity index (χ2n) is 5.10. The second kappa shape index (κ2) is 5.19. The maximum atomic E-state index is 12.2. The van der Waals surface area contributed by atoms with Crippen molar-refractivity contribution >= 4 is 17.3 Å². The van der Waals surface area contributed by atoms with E-state index in [4.69, 9.17) is 5.11 Å². The molecule has 1 aromatic rings. The van der Waals surface area contributed by atoms with Crippen molar-refractivity contribution in [3.05, 3.63) is 23.3 Å². The lowest BCUT2D eigenvalue weighted by molar-refractivity contribution is -0.119. The van der Waals surface area contributed by atoms with Crippen molar-refractivity contribution in [2.45, 2.75) is 32.9 Å². The molecule has 0 bridgehead atoms. The lowest BCUT2D eigenvalue weighted by Crippen LogP contribution is -2.49. The molecule has 2 rings (SSSR count). The van der Waals surface area contributed by atoms with Crippen LogP contribution >= 0.6 is 0 Å². The molecule has 0 fully saturated rings. The van der Waals surface area contributed by atoms with Crippen molar-refractivity contribution in [3.8, 4) is 0 Å². The summed E-state index contributed by atoms with van der Waals surface area (Å²) >= 11 is 0. The maximum absolute atomic E-state index is 12.2. The van der Waals surface area contributed by atoms with E-state index in [1.54, 1.807) is 11.8 Å². The standard InChI is InChI=1S/C14H20N2O3/c1-8-4-12-13(5-9(8)2)16(6-11(18)7-17)14(19)10(3)15-12/h4-5,10-11,15,17-18H,6-7H2,1-3H3. The maximum Gasteiger partial charge on any atom is 0.249 e. The average Bonchev–Trinajstić information content (AvgIpc) is 2.37. The fraction of sp³-hybridized carbons (Fsp3) is 0.500. The Labute approximate surface area is 112 Å². The normalized spacial score (nSPS) is 19.9. The van der Waals surface area contributed by atoms with Crippen LogP contribution in [0.1, 0.15) is 18.1 Å². The number of fused-ring (bicyclic) bond motifs is 1. The first-order valence-corrected chi connectivity index (χ1v) is 6.42. The number of hydrogen-bond acceptors (Lipinski definition) is 4. The second-order valence-corrected chi connectivity index (χ2v) is 5.10. The fourth-order valence-corrected chi connectivity index (χ4v) is 2.24. The molecule has 1 aliphatic rings. The van der Waals surface area contributed by atoms with E-state index in [1.807, 2.05) is 26.0 Å². The van der Waals surface area contributed by atoms with Crippen molar-refractivity contribution in [2.24, 2.45) is 0 Å². The third kappa shape index (κ3) is 2.57. The van der Waals surface area contributed by atoms with Crippen molar-refractivity contribution in [3.63, 3.8) is 0 Å². The Balaban J connectivity index is 2.43. The zero-order chi connectivity index (χ0) is 14.2. The Bertz CT molecular complexity index is 502. The molecular weight excluding hydrogens is 244 g/mol. The summed E-state index contributed by atoms with van der Waals surface area (Å²) in [6.07, 6.45) is -0.927. The summed E-state index contributed by atoms with van der Waals surface area (Å²) in [5.41, 5.74) is 3.89. The number of rotatable bonds is 3. The van der Waals surface area contributed by atoms with Crippen LogP contribution < -0.4 is 10.2 Å². The van der Waals surface area contributed by atoms with Gasteiger partial charge in [-0.2, -0.15) is 0 Å². The highest BCUT2D eigenvalue weighted by Crippen LogP contribution is 2.34. The topological polar surface area (TPSA) is 72.8 Å². The molecule has 104 valence electrons. The molecular formula is C14H20N2O3. The van der Waals surface area contributed by atoms with E-state index < -0.39 is 6.10 Å². The highest BCUT2D eigenvalue weighted by molar-refractivity contribution is 6.05. The number of amides is 1. The van der Waals surface area contributed by atoms with E-state index in [0.29, 0.717) is 0 Å². The monoisotopic (exact) mass is 264 g/mol. The molecule has 5 heteroatoms. The highest BCUT2D eigenvalue weighted by atomic mass is 16.3. The number of aryl methyl sites for hydroxylation is 2. The summed E-state index contributed by atoms with van der Waals surface area (Å²) in [6, 6.07) is 3.61. The van der Waals surface area contributed by atoms with E-state index >= 15 is 0 Å². The first-order chi connectivity index (χ1) is 8.93. The number of carbonyl (C=O) groups excluding carboxylic acids is 1. The summed E-state index contributed by atoms with van der Waals surface area (Å²) in [5.74, 6) is -0.0942. The third-order valence-corrected chi connectivity index (χ3v) is 3.52. The van der Waals surface area contributed by atoms with Gasteiger partial charge in [-0.25, -0.2) is 0 Å². The van der Waals surface area contributed by atoms with E-state index in [1.165, 1.54) is 0 Å². The highest BCUT2D eigenvalue weighted by Gasteiger charge is 2.31. The van der Waals surface area contributed by atoms with Crippen LogP contribution in [-0.4, -0.2) is 41.4 Å². The minimum absolute atomic E-state index is 0.0942. The van der Waals surface area contributed by atoms with Crippen molar-refractivity contribution in [1.82, 2.24) is 0 Å². The molecule has 1 aromatic carbocycles. The summed E-state index contributed by atoms with van der Waals surface area (Å²) < 4.78 is 0. The van der Waals surface area contributed by atoms with Gasteiger partial charge in [0, 0.05) is 0 Å². The molecule has 3 N–H and O–H groups in total. The largest absolute Gasteiger partial charge is 0.394 e.